The van der Waals surface area contributed by atoms with Crippen molar-refractivity contribution < 1.29 is 45.0 Å². The lowest BCUT2D eigenvalue weighted by Gasteiger charge is -2.07. The molecule has 0 aliphatic rings. The first-order chi connectivity index (χ1) is 21.8. The number of aromatic carboxylic acids is 2. The number of carbonyl (C=O) groups is 2. The number of phenolic OH excluding ortho intramolecular Hbond substituents is 1. The van der Waals surface area contributed by atoms with Gasteiger partial charge in [0.05, 0.1) is 17.7 Å². The minimum atomic E-state index is -0.944. The molecule has 9 nitrogen and oxygen atoms in total. The van der Waals surface area contributed by atoms with Crippen LogP contribution in [0.5, 0.6) is 11.5 Å². The molecule has 0 radical (unpaired) electrons. The van der Waals surface area contributed by atoms with Crippen LogP contribution >= 0.6 is 11.6 Å². The molecular weight excluding hydrogens is 600 g/mol. The van der Waals surface area contributed by atoms with Gasteiger partial charge in [-0.3, -0.25) is 0 Å². The van der Waals surface area contributed by atoms with Crippen LogP contribution in [-0.4, -0.2) is 75.4 Å². The van der Waals surface area contributed by atoms with Crippen LogP contribution < -0.4 is 4.74 Å². The van der Waals surface area contributed by atoms with Gasteiger partial charge in [0.1, 0.15) is 11.5 Å². The summed E-state index contributed by atoms with van der Waals surface area (Å²) in [5, 5.41) is 54.4. The van der Waals surface area contributed by atoms with Crippen LogP contribution in [0.1, 0.15) is 72.1 Å². The lowest BCUT2D eigenvalue weighted by atomic mass is 10.1. The Morgan fingerprint density at radius 3 is 1.56 bits per heavy atom. The van der Waals surface area contributed by atoms with E-state index in [-0.39, 0.29) is 17.9 Å². The van der Waals surface area contributed by atoms with Crippen molar-refractivity contribution in [2.24, 2.45) is 0 Å². The second kappa shape index (κ2) is 23.5. The van der Waals surface area contributed by atoms with E-state index in [2.05, 4.69) is 0 Å². The molecule has 0 spiro atoms. The van der Waals surface area contributed by atoms with Gasteiger partial charge in [-0.1, -0.05) is 43.5 Å². The van der Waals surface area contributed by atoms with Crippen molar-refractivity contribution >= 4 is 45.1 Å². The molecule has 0 aliphatic carbocycles. The normalized spacial score (nSPS) is 10.1. The number of carboxylic acids is 2. The van der Waals surface area contributed by atoms with E-state index in [1.54, 1.807) is 42.5 Å². The van der Waals surface area contributed by atoms with Gasteiger partial charge < -0.3 is 35.4 Å². The summed E-state index contributed by atoms with van der Waals surface area (Å²) < 4.78 is 5.69. The highest BCUT2D eigenvalue weighted by molar-refractivity contribution is 6.17. The van der Waals surface area contributed by atoms with Gasteiger partial charge in [-0.05, 0) is 102 Å². The molecule has 0 aromatic heterocycles. The Balaban J connectivity index is 0.000000363. The van der Waals surface area contributed by atoms with Crippen molar-refractivity contribution in [2.75, 3.05) is 32.8 Å². The van der Waals surface area contributed by atoms with Crippen LogP contribution in [0.4, 0.5) is 0 Å². The Morgan fingerprint density at radius 2 is 1.04 bits per heavy atom. The molecule has 0 fully saturated rings. The fourth-order valence-electron chi connectivity index (χ4n) is 4.13. The number of unbranched alkanes of at least 4 members (excludes halogenated alkanes) is 6. The largest absolute Gasteiger partial charge is 0.508 e. The van der Waals surface area contributed by atoms with Crippen molar-refractivity contribution in [3.8, 4) is 11.5 Å². The van der Waals surface area contributed by atoms with Crippen molar-refractivity contribution in [2.45, 2.75) is 51.4 Å². The third-order valence-electron chi connectivity index (χ3n) is 6.49. The zero-order chi connectivity index (χ0) is 33.5. The molecule has 10 heteroatoms. The van der Waals surface area contributed by atoms with Crippen LogP contribution in [0.25, 0.3) is 21.5 Å². The zero-order valence-electron chi connectivity index (χ0n) is 25.7. The first-order valence-corrected chi connectivity index (χ1v) is 15.4. The smallest absolute Gasteiger partial charge is 0.335 e. The Bertz CT molecular complexity index is 1420. The minimum Gasteiger partial charge on any atom is -0.508 e. The van der Waals surface area contributed by atoms with E-state index in [0.29, 0.717) is 18.8 Å². The molecule has 0 saturated heterocycles. The standard InChI is InChI=1S/C17H20O4.C11H8O3.C6H13ClO.CH4O/c18-9-3-1-2-4-10-21-16-8-7-13-11-15(17(19)20)6-5-14(13)12-16;12-10-4-3-7-5-9(11(13)14)2-1-8(7)6-10;7-5-3-1-2-4-6-8;1-2/h5-8,11-12,18H,1-4,9-10H2,(H,19,20);1-6,12H,(H,13,14);8H,1-6H2;2H,1H3. The van der Waals surface area contributed by atoms with Crippen LogP contribution in [0.3, 0.4) is 0 Å². The second-order valence-electron chi connectivity index (χ2n) is 9.89. The van der Waals surface area contributed by atoms with Gasteiger partial charge in [0.25, 0.3) is 0 Å². The van der Waals surface area contributed by atoms with Gasteiger partial charge in [-0.25, -0.2) is 9.59 Å². The van der Waals surface area contributed by atoms with Crippen LogP contribution in [-0.2, 0) is 0 Å². The summed E-state index contributed by atoms with van der Waals surface area (Å²) in [4.78, 5) is 21.6. The second-order valence-corrected chi connectivity index (χ2v) is 10.3. The Morgan fingerprint density at radius 1 is 0.600 bits per heavy atom. The predicted octanol–water partition coefficient (Wildman–Crippen LogP) is 7.10. The molecule has 0 bridgehead atoms. The van der Waals surface area contributed by atoms with Gasteiger partial charge in [-0.2, -0.15) is 0 Å². The number of hydrogen-bond acceptors (Lipinski definition) is 7. The monoisotopic (exact) mass is 644 g/mol. The van der Waals surface area contributed by atoms with Crippen LogP contribution in [0.15, 0.2) is 72.8 Å². The minimum absolute atomic E-state index is 0.181. The maximum absolute atomic E-state index is 10.9. The summed E-state index contributed by atoms with van der Waals surface area (Å²) >= 11 is 5.42. The van der Waals surface area contributed by atoms with Crippen LogP contribution in [0, 0.1) is 0 Å². The molecule has 0 atom stereocenters. The summed E-state index contributed by atoms with van der Waals surface area (Å²) in [6, 6.07) is 20.3. The third-order valence-corrected chi connectivity index (χ3v) is 6.76. The number of carboxylic acid groups (broad SMARTS) is 2. The lowest BCUT2D eigenvalue weighted by Crippen LogP contribution is -1.98. The topological polar surface area (TPSA) is 165 Å². The molecular formula is C35H45ClO9. The van der Waals surface area contributed by atoms with Crippen molar-refractivity contribution in [3.63, 3.8) is 0 Å². The number of phenols is 1. The van der Waals surface area contributed by atoms with E-state index >= 15 is 0 Å². The molecule has 45 heavy (non-hydrogen) atoms. The highest BCUT2D eigenvalue weighted by atomic mass is 35.5. The number of halogens is 1. The molecule has 0 aliphatic heterocycles. The number of ether oxygens (including phenoxy) is 1. The molecule has 6 N–H and O–H groups in total. The van der Waals surface area contributed by atoms with E-state index in [9.17, 15) is 14.7 Å². The first-order valence-electron chi connectivity index (χ1n) is 14.9. The molecule has 0 heterocycles. The summed E-state index contributed by atoms with van der Waals surface area (Å²) in [7, 11) is 1.00. The van der Waals surface area contributed by atoms with Crippen molar-refractivity contribution in [3.05, 3.63) is 83.9 Å². The SMILES string of the molecule is CO.O=C(O)c1ccc2cc(O)ccc2c1.O=C(O)c1ccc2cc(OCCCCCCO)ccc2c1.OCCCCCCCl. The number of rotatable bonds is 14. The van der Waals surface area contributed by atoms with Crippen molar-refractivity contribution in [1.29, 1.82) is 0 Å². The predicted molar refractivity (Wildman–Crippen MR) is 179 cm³/mol. The van der Waals surface area contributed by atoms with E-state index in [1.807, 2.05) is 18.2 Å². The fraction of sp³-hybridized carbons (Fsp3) is 0.371. The van der Waals surface area contributed by atoms with Gasteiger partial charge >= 0.3 is 11.9 Å². The maximum atomic E-state index is 10.9. The maximum Gasteiger partial charge on any atom is 0.335 e. The number of aliphatic hydroxyl groups excluding tert-OH is 3. The summed E-state index contributed by atoms with van der Waals surface area (Å²) in [6.45, 7) is 1.23. The molecule has 246 valence electrons. The third kappa shape index (κ3) is 15.6. The number of aromatic hydroxyl groups is 1. The molecule has 0 saturated carbocycles. The Labute approximate surface area is 269 Å². The van der Waals surface area contributed by atoms with E-state index in [0.717, 1.165) is 91.7 Å². The van der Waals surface area contributed by atoms with Gasteiger partial charge in [0.15, 0.2) is 0 Å². The number of fused-ring (bicyclic) bond motifs is 2. The Hall–Kier alpha value is -3.89. The average Bonchev–Trinajstić information content (AvgIpc) is 3.05. The zero-order valence-corrected chi connectivity index (χ0v) is 26.5. The van der Waals surface area contributed by atoms with Crippen LogP contribution in [0.2, 0.25) is 0 Å². The highest BCUT2D eigenvalue weighted by Crippen LogP contribution is 2.23. The average molecular weight is 645 g/mol. The molecule has 4 aromatic carbocycles. The van der Waals surface area contributed by atoms with Gasteiger partial charge in [0, 0.05) is 26.2 Å². The number of aliphatic hydroxyl groups is 3. The number of hydrogen-bond donors (Lipinski definition) is 6. The molecule has 0 amide bonds. The quantitative estimate of drug-likeness (QED) is 0.0620. The lowest BCUT2D eigenvalue weighted by molar-refractivity contribution is 0.0686. The van der Waals surface area contributed by atoms with Gasteiger partial charge in [-0.15, -0.1) is 11.6 Å². The first kappa shape index (κ1) is 39.1. The van der Waals surface area contributed by atoms with E-state index < -0.39 is 11.9 Å². The Kier molecular flexibility index (Phi) is 20.4. The van der Waals surface area contributed by atoms with E-state index in [4.69, 9.17) is 41.9 Å². The molecule has 4 aromatic rings. The summed E-state index contributed by atoms with van der Waals surface area (Å²) in [5.41, 5.74) is 0.545. The fourth-order valence-corrected chi connectivity index (χ4v) is 4.32. The summed E-state index contributed by atoms with van der Waals surface area (Å²) in [6.07, 6.45) is 8.18. The van der Waals surface area contributed by atoms with Crippen molar-refractivity contribution in [1.82, 2.24) is 0 Å². The summed E-state index contributed by atoms with van der Waals surface area (Å²) in [5.74, 6) is -0.126. The van der Waals surface area contributed by atoms with Gasteiger partial charge in [0.2, 0.25) is 0 Å². The molecule has 0 unspecified atom stereocenters. The van der Waals surface area contributed by atoms with E-state index in [1.165, 1.54) is 12.1 Å². The number of alkyl halides is 1. The molecule has 4 rings (SSSR count). The highest BCUT2D eigenvalue weighted by Gasteiger charge is 2.05. The number of benzene rings is 4.